The van der Waals surface area contributed by atoms with Crippen molar-refractivity contribution in [2.45, 2.75) is 45.2 Å². The highest BCUT2D eigenvalue weighted by molar-refractivity contribution is 5.39. The van der Waals surface area contributed by atoms with E-state index in [2.05, 4.69) is 49.5 Å². The van der Waals surface area contributed by atoms with Gasteiger partial charge in [0.2, 0.25) is 0 Å². The summed E-state index contributed by atoms with van der Waals surface area (Å²) in [4.78, 5) is 0. The van der Waals surface area contributed by atoms with E-state index in [9.17, 15) is 5.11 Å². The third-order valence-corrected chi connectivity index (χ3v) is 4.55. The third-order valence-electron chi connectivity index (χ3n) is 4.55. The molecule has 2 aromatic rings. The Morgan fingerprint density at radius 1 is 1.19 bits per heavy atom. The van der Waals surface area contributed by atoms with Crippen LogP contribution in [0.15, 0.2) is 42.5 Å². The van der Waals surface area contributed by atoms with Gasteiger partial charge in [-0.15, -0.1) is 0 Å². The predicted octanol–water partition coefficient (Wildman–Crippen LogP) is 4.43. The van der Waals surface area contributed by atoms with Crippen LogP contribution in [0.25, 0.3) is 0 Å². The minimum atomic E-state index is 0.330. The zero-order valence-corrected chi connectivity index (χ0v) is 12.8. The summed E-state index contributed by atoms with van der Waals surface area (Å²) in [7, 11) is 0. The zero-order valence-electron chi connectivity index (χ0n) is 12.8. The molecule has 1 aliphatic rings. The molecule has 0 heterocycles. The van der Waals surface area contributed by atoms with E-state index in [1.54, 1.807) is 6.07 Å². The second-order valence-corrected chi connectivity index (χ2v) is 6.07. The summed E-state index contributed by atoms with van der Waals surface area (Å²) >= 11 is 0. The van der Waals surface area contributed by atoms with E-state index in [-0.39, 0.29) is 0 Å². The first-order valence-corrected chi connectivity index (χ1v) is 7.78. The Hall–Kier alpha value is -1.80. The van der Waals surface area contributed by atoms with Gasteiger partial charge in [-0.3, -0.25) is 0 Å². The molecule has 0 saturated heterocycles. The van der Waals surface area contributed by atoms with Crippen LogP contribution in [0.5, 0.6) is 5.75 Å². The number of fused-ring (bicyclic) bond motifs is 1. The summed E-state index contributed by atoms with van der Waals surface area (Å²) in [5, 5.41) is 13.4. The zero-order chi connectivity index (χ0) is 14.8. The number of hydrogen-bond acceptors (Lipinski definition) is 2. The van der Waals surface area contributed by atoms with Gasteiger partial charge in [-0.05, 0) is 67.5 Å². The molecule has 2 aromatic carbocycles. The first kappa shape index (κ1) is 14.2. The van der Waals surface area contributed by atoms with Crippen LogP contribution in [-0.2, 0) is 6.42 Å². The Morgan fingerprint density at radius 3 is 2.81 bits per heavy atom. The van der Waals surface area contributed by atoms with Gasteiger partial charge in [0, 0.05) is 12.1 Å². The molecule has 1 aliphatic carbocycles. The number of rotatable bonds is 3. The van der Waals surface area contributed by atoms with E-state index in [0.717, 1.165) is 12.8 Å². The lowest BCUT2D eigenvalue weighted by atomic mass is 9.86. The quantitative estimate of drug-likeness (QED) is 0.872. The van der Waals surface area contributed by atoms with Crippen molar-refractivity contribution < 1.29 is 5.11 Å². The Balaban J connectivity index is 1.82. The molecule has 0 fully saturated rings. The molecule has 0 radical (unpaired) electrons. The van der Waals surface area contributed by atoms with Crippen molar-refractivity contribution in [1.82, 2.24) is 5.32 Å². The van der Waals surface area contributed by atoms with E-state index >= 15 is 0 Å². The van der Waals surface area contributed by atoms with Gasteiger partial charge in [-0.1, -0.05) is 30.3 Å². The molecular formula is C19H23NO. The lowest BCUT2D eigenvalue weighted by Crippen LogP contribution is -2.28. The SMILES string of the molecule is Cc1ccccc1C(C)NC1CCCc2cc(O)ccc21. The van der Waals surface area contributed by atoms with Gasteiger partial charge in [0.05, 0.1) is 0 Å². The van der Waals surface area contributed by atoms with Gasteiger partial charge in [0.25, 0.3) is 0 Å². The van der Waals surface area contributed by atoms with Crippen LogP contribution in [0.1, 0.15) is 54.1 Å². The Bertz CT molecular complexity index is 635. The highest BCUT2D eigenvalue weighted by Gasteiger charge is 2.22. The molecule has 0 amide bonds. The van der Waals surface area contributed by atoms with Gasteiger partial charge in [0.15, 0.2) is 0 Å². The van der Waals surface area contributed by atoms with Crippen molar-refractivity contribution in [1.29, 1.82) is 0 Å². The minimum Gasteiger partial charge on any atom is -0.508 e. The molecule has 0 bridgehead atoms. The molecule has 0 aromatic heterocycles. The summed E-state index contributed by atoms with van der Waals surface area (Å²) < 4.78 is 0. The maximum atomic E-state index is 9.65. The molecule has 21 heavy (non-hydrogen) atoms. The molecule has 0 spiro atoms. The highest BCUT2D eigenvalue weighted by Crippen LogP contribution is 2.33. The molecule has 2 unspecified atom stereocenters. The Morgan fingerprint density at radius 2 is 2.00 bits per heavy atom. The smallest absolute Gasteiger partial charge is 0.115 e. The molecule has 110 valence electrons. The molecular weight excluding hydrogens is 258 g/mol. The van der Waals surface area contributed by atoms with Gasteiger partial charge in [-0.25, -0.2) is 0 Å². The molecule has 2 N–H and O–H groups in total. The van der Waals surface area contributed by atoms with E-state index in [4.69, 9.17) is 0 Å². The van der Waals surface area contributed by atoms with Crippen LogP contribution < -0.4 is 5.32 Å². The van der Waals surface area contributed by atoms with Crippen LogP contribution in [-0.4, -0.2) is 5.11 Å². The lowest BCUT2D eigenvalue weighted by molar-refractivity contribution is 0.412. The molecule has 3 rings (SSSR count). The van der Waals surface area contributed by atoms with Crippen LogP contribution in [0, 0.1) is 6.92 Å². The van der Waals surface area contributed by atoms with Crippen molar-refractivity contribution in [3.05, 3.63) is 64.7 Å². The van der Waals surface area contributed by atoms with Crippen LogP contribution >= 0.6 is 0 Å². The fourth-order valence-electron chi connectivity index (χ4n) is 3.44. The number of hydrogen-bond donors (Lipinski definition) is 2. The van der Waals surface area contributed by atoms with Crippen molar-refractivity contribution >= 4 is 0 Å². The summed E-state index contributed by atoms with van der Waals surface area (Å²) in [6.45, 7) is 4.40. The number of aryl methyl sites for hydroxylation is 2. The fraction of sp³-hybridized carbons (Fsp3) is 0.368. The molecule has 2 nitrogen and oxygen atoms in total. The Labute approximate surface area is 126 Å². The van der Waals surface area contributed by atoms with Crippen molar-refractivity contribution in [3.63, 3.8) is 0 Å². The standard InChI is InChI=1S/C19H23NO/c1-13-6-3-4-8-17(13)14(2)20-19-9-5-7-15-12-16(21)10-11-18(15)19/h3-4,6,8,10-12,14,19-21H,5,7,9H2,1-2H3. The summed E-state index contributed by atoms with van der Waals surface area (Å²) in [5.74, 6) is 0.376. The average molecular weight is 281 g/mol. The number of benzene rings is 2. The second kappa shape index (κ2) is 5.90. The number of nitrogens with one attached hydrogen (secondary N) is 1. The number of phenolic OH excluding ortho intramolecular Hbond substituents is 1. The van der Waals surface area contributed by atoms with Crippen LogP contribution in [0.2, 0.25) is 0 Å². The first-order valence-electron chi connectivity index (χ1n) is 7.78. The lowest BCUT2D eigenvalue weighted by Gasteiger charge is -2.30. The molecule has 2 atom stereocenters. The third kappa shape index (κ3) is 2.96. The van der Waals surface area contributed by atoms with E-state index in [1.165, 1.54) is 28.7 Å². The van der Waals surface area contributed by atoms with Crippen LogP contribution in [0.4, 0.5) is 0 Å². The fourth-order valence-corrected chi connectivity index (χ4v) is 3.44. The molecule has 2 heteroatoms. The average Bonchev–Trinajstić information content (AvgIpc) is 2.47. The molecule has 0 aliphatic heterocycles. The van der Waals surface area contributed by atoms with Gasteiger partial charge in [-0.2, -0.15) is 0 Å². The van der Waals surface area contributed by atoms with E-state index in [1.807, 2.05) is 6.07 Å². The normalized spacial score (nSPS) is 19.0. The summed E-state index contributed by atoms with van der Waals surface area (Å²) in [6.07, 6.45) is 3.41. The van der Waals surface area contributed by atoms with Crippen LogP contribution in [0.3, 0.4) is 0 Å². The topological polar surface area (TPSA) is 32.3 Å². The summed E-state index contributed by atoms with van der Waals surface area (Å²) in [6, 6.07) is 15.1. The van der Waals surface area contributed by atoms with E-state index in [0.29, 0.717) is 17.8 Å². The largest absolute Gasteiger partial charge is 0.508 e. The predicted molar refractivity (Wildman–Crippen MR) is 86.5 cm³/mol. The summed E-state index contributed by atoms with van der Waals surface area (Å²) in [5.41, 5.74) is 5.33. The second-order valence-electron chi connectivity index (χ2n) is 6.07. The van der Waals surface area contributed by atoms with Gasteiger partial charge in [0.1, 0.15) is 5.75 Å². The van der Waals surface area contributed by atoms with Crippen molar-refractivity contribution in [2.24, 2.45) is 0 Å². The van der Waals surface area contributed by atoms with Crippen molar-refractivity contribution in [2.75, 3.05) is 0 Å². The van der Waals surface area contributed by atoms with Gasteiger partial charge < -0.3 is 10.4 Å². The van der Waals surface area contributed by atoms with Crippen molar-refractivity contribution in [3.8, 4) is 5.75 Å². The highest BCUT2D eigenvalue weighted by atomic mass is 16.3. The van der Waals surface area contributed by atoms with E-state index < -0.39 is 0 Å². The Kier molecular flexibility index (Phi) is 3.98. The minimum absolute atomic E-state index is 0.330. The maximum absolute atomic E-state index is 9.65. The van der Waals surface area contributed by atoms with Gasteiger partial charge >= 0.3 is 0 Å². The monoisotopic (exact) mass is 281 g/mol. The number of phenols is 1. The molecule has 0 saturated carbocycles. The number of aromatic hydroxyl groups is 1. The first-order chi connectivity index (χ1) is 10.1. The maximum Gasteiger partial charge on any atom is 0.115 e.